The van der Waals surface area contributed by atoms with Crippen LogP contribution in [0.4, 0.5) is 8.78 Å². The molecule has 22 heavy (non-hydrogen) atoms. The number of aliphatic hydroxyl groups excluding tert-OH is 1. The molecular weight excluding hydrogens is 290 g/mol. The van der Waals surface area contributed by atoms with Crippen molar-refractivity contribution in [3.05, 3.63) is 65.7 Å². The lowest BCUT2D eigenvalue weighted by molar-refractivity contribution is 0.140. The Bertz CT molecular complexity index is 776. The lowest BCUT2D eigenvalue weighted by Gasteiger charge is -2.10. The van der Waals surface area contributed by atoms with E-state index in [4.69, 9.17) is 0 Å². The van der Waals surface area contributed by atoms with E-state index in [1.54, 1.807) is 0 Å². The highest BCUT2D eigenvalue weighted by molar-refractivity contribution is 5.52. The van der Waals surface area contributed by atoms with E-state index in [0.29, 0.717) is 5.82 Å². The second kappa shape index (κ2) is 5.98. The number of nitrogens with zero attached hydrogens (tertiary/aromatic N) is 4. The minimum atomic E-state index is -1.20. The van der Waals surface area contributed by atoms with Crippen LogP contribution in [0, 0.1) is 11.6 Å². The van der Waals surface area contributed by atoms with Crippen molar-refractivity contribution in [2.75, 3.05) is 0 Å². The van der Waals surface area contributed by atoms with Gasteiger partial charge >= 0.3 is 0 Å². The van der Waals surface area contributed by atoms with Gasteiger partial charge in [-0.15, -0.1) is 10.2 Å². The van der Waals surface area contributed by atoms with Gasteiger partial charge in [-0.2, -0.15) is 4.80 Å². The number of aliphatic hydroxyl groups is 1. The maximum absolute atomic E-state index is 13.6. The van der Waals surface area contributed by atoms with Crippen LogP contribution in [0.15, 0.2) is 48.5 Å². The molecular formula is C15H12F2N4O. The number of hydrogen-bond acceptors (Lipinski definition) is 4. The highest BCUT2D eigenvalue weighted by Gasteiger charge is 2.16. The zero-order chi connectivity index (χ0) is 15.5. The molecule has 0 unspecified atom stereocenters. The third-order valence-electron chi connectivity index (χ3n) is 3.14. The standard InChI is InChI=1S/C15H12F2N4O/c16-11-6-7-12(13(17)8-11)14(22)9-21-19-15(18-20-21)10-4-2-1-3-5-10/h1-8,14,22H,9H2/t14-/m1/s1. The van der Waals surface area contributed by atoms with Crippen molar-refractivity contribution in [2.24, 2.45) is 0 Å². The molecule has 3 rings (SSSR count). The van der Waals surface area contributed by atoms with E-state index in [-0.39, 0.29) is 12.1 Å². The van der Waals surface area contributed by atoms with Crippen LogP contribution < -0.4 is 0 Å². The topological polar surface area (TPSA) is 63.8 Å². The predicted molar refractivity (Wildman–Crippen MR) is 74.6 cm³/mol. The largest absolute Gasteiger partial charge is 0.386 e. The fourth-order valence-electron chi connectivity index (χ4n) is 2.05. The summed E-state index contributed by atoms with van der Waals surface area (Å²) in [5.74, 6) is -1.10. The summed E-state index contributed by atoms with van der Waals surface area (Å²) in [5.41, 5.74) is 0.774. The van der Waals surface area contributed by atoms with Crippen molar-refractivity contribution in [3.63, 3.8) is 0 Å². The summed E-state index contributed by atoms with van der Waals surface area (Å²) in [6.07, 6.45) is -1.20. The van der Waals surface area contributed by atoms with Gasteiger partial charge in [-0.05, 0) is 11.3 Å². The summed E-state index contributed by atoms with van der Waals surface area (Å²) < 4.78 is 26.5. The smallest absolute Gasteiger partial charge is 0.204 e. The molecule has 0 amide bonds. The number of rotatable bonds is 4. The highest BCUT2D eigenvalue weighted by Crippen LogP contribution is 2.19. The Morgan fingerprint density at radius 2 is 1.86 bits per heavy atom. The van der Waals surface area contributed by atoms with Crippen LogP contribution in [0.2, 0.25) is 0 Å². The number of benzene rings is 2. The van der Waals surface area contributed by atoms with Crippen molar-refractivity contribution in [1.82, 2.24) is 20.2 Å². The minimum Gasteiger partial charge on any atom is -0.386 e. The third kappa shape index (κ3) is 2.99. The number of tetrazole rings is 1. The van der Waals surface area contributed by atoms with Crippen LogP contribution in [-0.2, 0) is 6.54 Å². The molecule has 1 atom stereocenters. The summed E-state index contributed by atoms with van der Waals surface area (Å²) in [7, 11) is 0. The predicted octanol–water partition coefficient (Wildman–Crippen LogP) is 2.35. The molecule has 0 saturated carbocycles. The molecule has 0 aliphatic heterocycles. The van der Waals surface area contributed by atoms with Crippen LogP contribution in [0.25, 0.3) is 11.4 Å². The van der Waals surface area contributed by atoms with E-state index in [1.807, 2.05) is 30.3 Å². The second-order valence-electron chi connectivity index (χ2n) is 4.72. The Morgan fingerprint density at radius 3 is 2.59 bits per heavy atom. The van der Waals surface area contributed by atoms with Crippen LogP contribution >= 0.6 is 0 Å². The summed E-state index contributed by atoms with van der Waals surface area (Å²) in [6.45, 7) is -0.0810. The van der Waals surface area contributed by atoms with Gasteiger partial charge in [-0.1, -0.05) is 36.4 Å². The zero-order valence-electron chi connectivity index (χ0n) is 11.4. The summed E-state index contributed by atoms with van der Waals surface area (Å²) in [6, 6.07) is 12.2. The van der Waals surface area contributed by atoms with Crippen molar-refractivity contribution in [3.8, 4) is 11.4 Å². The average Bonchev–Trinajstić information content (AvgIpc) is 2.96. The van der Waals surface area contributed by atoms with E-state index in [1.165, 1.54) is 10.9 Å². The lowest BCUT2D eigenvalue weighted by atomic mass is 10.1. The number of halogens is 2. The van der Waals surface area contributed by atoms with Gasteiger partial charge in [-0.3, -0.25) is 0 Å². The molecule has 7 heteroatoms. The molecule has 2 aromatic carbocycles. The van der Waals surface area contributed by atoms with Gasteiger partial charge in [0.25, 0.3) is 0 Å². The Labute approximate surface area is 124 Å². The third-order valence-corrected chi connectivity index (χ3v) is 3.14. The normalized spacial score (nSPS) is 12.3. The van der Waals surface area contributed by atoms with E-state index >= 15 is 0 Å². The Hall–Kier alpha value is -2.67. The van der Waals surface area contributed by atoms with Gasteiger partial charge in [0.15, 0.2) is 0 Å². The Kier molecular flexibility index (Phi) is 3.88. The Balaban J connectivity index is 1.77. The summed E-state index contributed by atoms with van der Waals surface area (Å²) in [4.78, 5) is 1.18. The molecule has 1 heterocycles. The lowest BCUT2D eigenvalue weighted by Crippen LogP contribution is -2.13. The molecule has 0 spiro atoms. The van der Waals surface area contributed by atoms with Crippen LogP contribution in [0.3, 0.4) is 0 Å². The zero-order valence-corrected chi connectivity index (χ0v) is 11.4. The van der Waals surface area contributed by atoms with Crippen molar-refractivity contribution >= 4 is 0 Å². The molecule has 1 N–H and O–H groups in total. The molecule has 112 valence electrons. The van der Waals surface area contributed by atoms with Gasteiger partial charge in [0.2, 0.25) is 5.82 Å². The fraction of sp³-hybridized carbons (Fsp3) is 0.133. The first-order chi connectivity index (χ1) is 10.6. The molecule has 3 aromatic rings. The second-order valence-corrected chi connectivity index (χ2v) is 4.72. The number of hydrogen-bond donors (Lipinski definition) is 1. The average molecular weight is 302 g/mol. The first kappa shape index (κ1) is 14.3. The highest BCUT2D eigenvalue weighted by atomic mass is 19.1. The first-order valence-electron chi connectivity index (χ1n) is 6.60. The van der Waals surface area contributed by atoms with E-state index in [9.17, 15) is 13.9 Å². The fourth-order valence-corrected chi connectivity index (χ4v) is 2.05. The van der Waals surface area contributed by atoms with E-state index in [0.717, 1.165) is 17.7 Å². The van der Waals surface area contributed by atoms with Gasteiger partial charge < -0.3 is 5.11 Å². The molecule has 5 nitrogen and oxygen atoms in total. The van der Waals surface area contributed by atoms with Crippen molar-refractivity contribution in [1.29, 1.82) is 0 Å². The quantitative estimate of drug-likeness (QED) is 0.803. The maximum atomic E-state index is 13.6. The van der Waals surface area contributed by atoms with Crippen LogP contribution in [0.5, 0.6) is 0 Å². The SMILES string of the molecule is O[C@H](Cn1nnc(-c2ccccc2)n1)c1ccc(F)cc1F. The molecule has 0 aliphatic carbocycles. The maximum Gasteiger partial charge on any atom is 0.204 e. The van der Waals surface area contributed by atoms with E-state index in [2.05, 4.69) is 15.4 Å². The van der Waals surface area contributed by atoms with Gasteiger partial charge in [0.05, 0.1) is 6.54 Å². The van der Waals surface area contributed by atoms with Gasteiger partial charge in [0, 0.05) is 17.2 Å². The van der Waals surface area contributed by atoms with Gasteiger partial charge in [0.1, 0.15) is 17.7 Å². The van der Waals surface area contributed by atoms with Crippen LogP contribution in [-0.4, -0.2) is 25.3 Å². The molecule has 0 fully saturated rings. The molecule has 1 aromatic heterocycles. The molecule has 0 aliphatic rings. The Morgan fingerprint density at radius 1 is 1.09 bits per heavy atom. The van der Waals surface area contributed by atoms with Crippen LogP contribution in [0.1, 0.15) is 11.7 Å². The van der Waals surface area contributed by atoms with Crippen molar-refractivity contribution < 1.29 is 13.9 Å². The minimum absolute atomic E-state index is 0.0139. The molecule has 0 saturated heterocycles. The number of aromatic nitrogens is 4. The van der Waals surface area contributed by atoms with E-state index < -0.39 is 17.7 Å². The van der Waals surface area contributed by atoms with Crippen molar-refractivity contribution in [2.45, 2.75) is 12.6 Å². The monoisotopic (exact) mass is 302 g/mol. The summed E-state index contributed by atoms with van der Waals surface area (Å²) >= 11 is 0. The molecule has 0 radical (unpaired) electrons. The first-order valence-corrected chi connectivity index (χ1v) is 6.60. The molecule has 0 bridgehead atoms. The van der Waals surface area contributed by atoms with Gasteiger partial charge in [-0.25, -0.2) is 8.78 Å². The summed E-state index contributed by atoms with van der Waals surface area (Å²) in [5, 5.41) is 21.9.